The lowest BCUT2D eigenvalue weighted by Crippen LogP contribution is -2.35. The molecule has 162 valence electrons. The van der Waals surface area contributed by atoms with Crippen LogP contribution in [0, 0.1) is 0 Å². The van der Waals surface area contributed by atoms with Gasteiger partial charge in [-0.1, -0.05) is 67.3 Å². The number of carbonyl (C=O) groups excluding carboxylic acids is 1. The first-order valence-electron chi connectivity index (χ1n) is 10.2. The second kappa shape index (κ2) is 9.36. The molecule has 1 fully saturated rings. The predicted octanol–water partition coefficient (Wildman–Crippen LogP) is 3.56. The second-order valence-corrected chi connectivity index (χ2v) is 10.7. The number of nitrogens with zero attached hydrogens (tertiary/aromatic N) is 3. The minimum Gasteiger partial charge on any atom is -0.334 e. The van der Waals surface area contributed by atoms with Crippen LogP contribution >= 0.6 is 47.1 Å². The summed E-state index contributed by atoms with van der Waals surface area (Å²) in [5.74, 6) is -0.103. The molecule has 0 atom stereocenters. The second-order valence-electron chi connectivity index (χ2n) is 7.07. The van der Waals surface area contributed by atoms with Gasteiger partial charge in [0.25, 0.3) is 11.5 Å². The molecule has 0 spiro atoms. The third kappa shape index (κ3) is 3.92. The first kappa shape index (κ1) is 22.4. The molecule has 31 heavy (non-hydrogen) atoms. The van der Waals surface area contributed by atoms with Gasteiger partial charge in [-0.2, -0.15) is 0 Å². The maximum absolute atomic E-state index is 13.5. The third-order valence-electron chi connectivity index (χ3n) is 5.09. The average molecular weight is 490 g/mol. The van der Waals surface area contributed by atoms with Crippen LogP contribution in [-0.4, -0.2) is 32.8 Å². The van der Waals surface area contributed by atoms with E-state index in [9.17, 15) is 9.59 Å². The Bertz CT molecular complexity index is 1240. The Morgan fingerprint density at radius 2 is 1.90 bits per heavy atom. The molecule has 3 heterocycles. The number of benzene rings is 1. The van der Waals surface area contributed by atoms with Gasteiger partial charge in [0.1, 0.15) is 23.4 Å². The third-order valence-corrected chi connectivity index (χ3v) is 9.16. The van der Waals surface area contributed by atoms with Crippen molar-refractivity contribution in [2.45, 2.75) is 38.1 Å². The highest BCUT2D eigenvalue weighted by Crippen LogP contribution is 2.45. The predicted molar refractivity (Wildman–Crippen MR) is 137 cm³/mol. The van der Waals surface area contributed by atoms with Gasteiger partial charge >= 0.3 is 0 Å². The maximum atomic E-state index is 13.5. The summed E-state index contributed by atoms with van der Waals surface area (Å²) in [4.78, 5) is 32.1. The van der Waals surface area contributed by atoms with Crippen molar-refractivity contribution >= 4 is 72.9 Å². The van der Waals surface area contributed by atoms with Crippen molar-refractivity contribution in [2.75, 3.05) is 18.0 Å². The molecule has 4 rings (SSSR count). The van der Waals surface area contributed by atoms with E-state index in [1.54, 1.807) is 27.3 Å². The summed E-state index contributed by atoms with van der Waals surface area (Å²) in [6, 6.07) is 8.16. The zero-order valence-corrected chi connectivity index (χ0v) is 20.7. The van der Waals surface area contributed by atoms with Crippen molar-refractivity contribution < 1.29 is 4.79 Å². The molecular weight excluding hydrogens is 467 g/mol. The monoisotopic (exact) mass is 489 g/mol. The van der Waals surface area contributed by atoms with Gasteiger partial charge < -0.3 is 4.90 Å². The fraction of sp³-hybridized carbons (Fsp3) is 0.318. The number of thiazole rings is 1. The SMILES string of the molecule is C=CCn1c(=C2SC(=S)N(CCCC)C2=O)sc(=C2Sc3ccccc3N2CC)c1=O. The van der Waals surface area contributed by atoms with Crippen LogP contribution in [0.2, 0.25) is 0 Å². The van der Waals surface area contributed by atoms with Crippen molar-refractivity contribution in [1.82, 2.24) is 9.47 Å². The number of aromatic nitrogens is 1. The molecule has 0 radical (unpaired) electrons. The molecule has 1 saturated heterocycles. The van der Waals surface area contributed by atoms with Crippen LogP contribution in [0.25, 0.3) is 9.93 Å². The molecule has 0 unspecified atom stereocenters. The average Bonchev–Trinajstić information content (AvgIpc) is 3.38. The Morgan fingerprint density at radius 1 is 1.13 bits per heavy atom. The summed E-state index contributed by atoms with van der Waals surface area (Å²) in [5.41, 5.74) is 1.02. The van der Waals surface area contributed by atoms with E-state index in [2.05, 4.69) is 37.5 Å². The number of thiocarbonyl (C=S) groups is 1. The van der Waals surface area contributed by atoms with Gasteiger partial charge in [0.05, 0.1) is 5.69 Å². The molecule has 2 aliphatic heterocycles. The minimum atomic E-state index is -0.103. The number of fused-ring (bicyclic) bond motifs is 1. The molecule has 5 nitrogen and oxygen atoms in total. The Kier molecular flexibility index (Phi) is 6.76. The van der Waals surface area contributed by atoms with Crippen molar-refractivity contribution in [3.05, 3.63) is 56.5 Å². The zero-order chi connectivity index (χ0) is 22.1. The van der Waals surface area contributed by atoms with Gasteiger partial charge in [0, 0.05) is 24.5 Å². The quantitative estimate of drug-likeness (QED) is 0.457. The molecule has 0 bridgehead atoms. The van der Waals surface area contributed by atoms with Crippen LogP contribution in [0.15, 0.2) is 46.6 Å². The number of anilines is 1. The lowest BCUT2D eigenvalue weighted by atomic mass is 10.3. The van der Waals surface area contributed by atoms with Gasteiger partial charge in [0.2, 0.25) is 0 Å². The lowest BCUT2D eigenvalue weighted by Gasteiger charge is -2.16. The normalized spacial score (nSPS) is 19.4. The Hall–Kier alpha value is -1.81. The summed E-state index contributed by atoms with van der Waals surface area (Å²) >= 11 is 9.76. The Labute approximate surface area is 199 Å². The topological polar surface area (TPSA) is 45.6 Å². The molecule has 9 heteroatoms. The number of rotatable bonds is 6. The van der Waals surface area contributed by atoms with Crippen molar-refractivity contribution in [3.8, 4) is 0 Å². The number of carbonyl (C=O) groups is 1. The number of allylic oxidation sites excluding steroid dienone is 1. The van der Waals surface area contributed by atoms with E-state index in [0.717, 1.165) is 35.0 Å². The van der Waals surface area contributed by atoms with E-state index in [1.807, 2.05) is 12.1 Å². The summed E-state index contributed by atoms with van der Waals surface area (Å²) < 4.78 is 3.53. The number of unbranched alkanes of at least 4 members (excludes halogenated alkanes) is 1. The highest BCUT2D eigenvalue weighted by atomic mass is 32.2. The summed E-state index contributed by atoms with van der Waals surface area (Å²) in [7, 11) is 0. The fourth-order valence-electron chi connectivity index (χ4n) is 3.56. The molecule has 2 aromatic rings. The van der Waals surface area contributed by atoms with Crippen LogP contribution in [0.1, 0.15) is 26.7 Å². The smallest absolute Gasteiger partial charge is 0.272 e. The van der Waals surface area contributed by atoms with Crippen LogP contribution in [-0.2, 0) is 11.3 Å². The van der Waals surface area contributed by atoms with Gasteiger partial charge in [-0.25, -0.2) is 0 Å². The molecule has 1 amide bonds. The van der Waals surface area contributed by atoms with Crippen LogP contribution in [0.3, 0.4) is 0 Å². The highest BCUT2D eigenvalue weighted by molar-refractivity contribution is 8.30. The largest absolute Gasteiger partial charge is 0.334 e. The van der Waals surface area contributed by atoms with Gasteiger partial charge in [0.15, 0.2) is 0 Å². The first-order chi connectivity index (χ1) is 15.0. The van der Waals surface area contributed by atoms with Crippen LogP contribution < -0.4 is 19.7 Å². The summed E-state index contributed by atoms with van der Waals surface area (Å²) in [6.45, 7) is 9.69. The zero-order valence-electron chi connectivity index (χ0n) is 17.4. The number of hydrogen-bond acceptors (Lipinski definition) is 7. The highest BCUT2D eigenvalue weighted by Gasteiger charge is 2.34. The van der Waals surface area contributed by atoms with E-state index in [1.165, 1.54) is 23.1 Å². The van der Waals surface area contributed by atoms with E-state index in [-0.39, 0.29) is 11.5 Å². The van der Waals surface area contributed by atoms with Crippen LogP contribution in [0.5, 0.6) is 0 Å². The van der Waals surface area contributed by atoms with Crippen molar-refractivity contribution in [3.63, 3.8) is 0 Å². The van der Waals surface area contributed by atoms with Gasteiger partial charge in [-0.05, 0) is 25.5 Å². The Balaban J connectivity index is 1.93. The van der Waals surface area contributed by atoms with Gasteiger partial charge in [-0.3, -0.25) is 19.1 Å². The number of amides is 1. The molecule has 0 N–H and O–H groups in total. The van der Waals surface area contributed by atoms with Crippen molar-refractivity contribution in [2.24, 2.45) is 0 Å². The van der Waals surface area contributed by atoms with E-state index >= 15 is 0 Å². The number of para-hydroxylation sites is 1. The van der Waals surface area contributed by atoms with E-state index < -0.39 is 0 Å². The maximum Gasteiger partial charge on any atom is 0.272 e. The van der Waals surface area contributed by atoms with E-state index in [4.69, 9.17) is 12.2 Å². The van der Waals surface area contributed by atoms with Crippen molar-refractivity contribution in [1.29, 1.82) is 0 Å². The number of hydrogen-bond donors (Lipinski definition) is 0. The Morgan fingerprint density at radius 3 is 2.61 bits per heavy atom. The molecular formula is C22H23N3O2S4. The molecule has 2 aliphatic rings. The molecule has 0 saturated carbocycles. The molecule has 1 aromatic heterocycles. The number of thioether (sulfide) groups is 2. The van der Waals surface area contributed by atoms with Gasteiger partial charge in [-0.15, -0.1) is 17.9 Å². The molecule has 1 aromatic carbocycles. The molecule has 0 aliphatic carbocycles. The van der Waals surface area contributed by atoms with Crippen LogP contribution in [0.4, 0.5) is 5.69 Å². The first-order valence-corrected chi connectivity index (χ1v) is 13.0. The summed E-state index contributed by atoms with van der Waals surface area (Å²) in [6.07, 6.45) is 3.57. The van der Waals surface area contributed by atoms with E-state index in [0.29, 0.717) is 31.5 Å². The lowest BCUT2D eigenvalue weighted by molar-refractivity contribution is -0.120. The fourth-order valence-corrected chi connectivity index (χ4v) is 7.53. The minimum absolute atomic E-state index is 0.0903. The standard InChI is InChI=1S/C22H23N3O2S4/c1-4-7-13-25-19(27)17(31-22(25)28)21-24(12-5-2)18(26)16(30-21)20-23(6-3)14-10-8-9-11-15(14)29-20/h5,8-11H,2,4,6-7,12-13H2,1,3H3. The summed E-state index contributed by atoms with van der Waals surface area (Å²) in [5, 5.41) is 0.921.